The molecule has 1 atom stereocenters. The van der Waals surface area contributed by atoms with Crippen molar-refractivity contribution in [1.29, 1.82) is 0 Å². The first-order chi connectivity index (χ1) is 18.4. The van der Waals surface area contributed by atoms with Crippen LogP contribution >= 0.6 is 35.0 Å². The molecule has 4 rings (SSSR count). The molecule has 0 heterocycles. The molecule has 4 aromatic carbocycles. The summed E-state index contributed by atoms with van der Waals surface area (Å²) in [4.78, 5) is 27.3. The summed E-state index contributed by atoms with van der Waals surface area (Å²) in [5, 5.41) is 5.81. The van der Waals surface area contributed by atoms with Crippen molar-refractivity contribution in [2.24, 2.45) is 0 Å². The maximum Gasteiger partial charge on any atom is 0.263 e. The Labute approximate surface area is 235 Å². The van der Waals surface area contributed by atoms with E-state index in [2.05, 4.69) is 10.6 Å². The lowest BCUT2D eigenvalue weighted by Crippen LogP contribution is -2.19. The Kier molecular flexibility index (Phi) is 9.18. The first-order valence-electron chi connectivity index (χ1n) is 11.5. The summed E-state index contributed by atoms with van der Waals surface area (Å²) in [5.41, 5.74) is 2.08. The van der Waals surface area contributed by atoms with Gasteiger partial charge in [-0.3, -0.25) is 9.59 Å². The van der Waals surface area contributed by atoms with Gasteiger partial charge in [-0.2, -0.15) is 0 Å². The standard InChI is InChI=1S/C29H24Cl2N2O4S/c1-36-23-15-8-16-24(37-2)25(23)28(34)32-19-11-6-12-20(17-19)38-27(18-9-4-3-5-10-18)29(35)33-22-14-7-13-21(30)26(22)31/h3-17,27H,1-2H3,(H,32,34)(H,33,35). The van der Waals surface area contributed by atoms with Gasteiger partial charge in [-0.15, -0.1) is 11.8 Å². The predicted molar refractivity (Wildman–Crippen MR) is 154 cm³/mol. The van der Waals surface area contributed by atoms with Gasteiger partial charge in [0.25, 0.3) is 5.91 Å². The van der Waals surface area contributed by atoms with Crippen molar-refractivity contribution in [2.75, 3.05) is 24.9 Å². The van der Waals surface area contributed by atoms with E-state index in [4.69, 9.17) is 32.7 Å². The van der Waals surface area contributed by atoms with Crippen LogP contribution < -0.4 is 20.1 Å². The molecule has 38 heavy (non-hydrogen) atoms. The van der Waals surface area contributed by atoms with Crippen LogP contribution in [0.5, 0.6) is 11.5 Å². The minimum atomic E-state index is -0.605. The highest BCUT2D eigenvalue weighted by atomic mass is 35.5. The highest BCUT2D eigenvalue weighted by Crippen LogP contribution is 2.39. The molecule has 4 aromatic rings. The molecule has 0 spiro atoms. The van der Waals surface area contributed by atoms with Crippen molar-refractivity contribution >= 4 is 58.2 Å². The number of nitrogens with one attached hydrogen (secondary N) is 2. The van der Waals surface area contributed by atoms with Crippen LogP contribution in [0.25, 0.3) is 0 Å². The summed E-state index contributed by atoms with van der Waals surface area (Å²) in [5.74, 6) is 0.147. The van der Waals surface area contributed by atoms with Crippen LogP contribution in [0, 0.1) is 0 Å². The third-order valence-corrected chi connectivity index (χ3v) is 7.62. The van der Waals surface area contributed by atoms with Gasteiger partial charge >= 0.3 is 0 Å². The second kappa shape index (κ2) is 12.7. The third-order valence-electron chi connectivity index (χ3n) is 5.55. The molecule has 0 saturated heterocycles. The Morgan fingerprint density at radius 1 is 0.789 bits per heavy atom. The maximum absolute atomic E-state index is 13.4. The Hall–Kier alpha value is -3.65. The number of carbonyl (C=O) groups excluding carboxylic acids is 2. The summed E-state index contributed by atoms with van der Waals surface area (Å²) in [6, 6.07) is 26.9. The molecule has 0 aliphatic carbocycles. The number of methoxy groups -OCH3 is 2. The van der Waals surface area contributed by atoms with Crippen molar-refractivity contribution in [3.8, 4) is 11.5 Å². The monoisotopic (exact) mass is 566 g/mol. The molecule has 0 aliphatic rings. The van der Waals surface area contributed by atoms with E-state index >= 15 is 0 Å². The summed E-state index contributed by atoms with van der Waals surface area (Å²) < 4.78 is 10.7. The molecule has 9 heteroatoms. The molecule has 2 N–H and O–H groups in total. The number of amides is 2. The lowest BCUT2D eigenvalue weighted by atomic mass is 10.1. The van der Waals surface area contributed by atoms with Crippen molar-refractivity contribution in [3.63, 3.8) is 0 Å². The van der Waals surface area contributed by atoms with E-state index in [0.717, 1.165) is 10.5 Å². The topological polar surface area (TPSA) is 76.7 Å². The van der Waals surface area contributed by atoms with E-state index in [9.17, 15) is 9.59 Å². The smallest absolute Gasteiger partial charge is 0.263 e. The van der Waals surface area contributed by atoms with Gasteiger partial charge in [-0.1, -0.05) is 71.7 Å². The number of benzene rings is 4. The van der Waals surface area contributed by atoms with Gasteiger partial charge in [-0.25, -0.2) is 0 Å². The van der Waals surface area contributed by atoms with Crippen LogP contribution in [-0.4, -0.2) is 26.0 Å². The summed E-state index contributed by atoms with van der Waals surface area (Å²) in [7, 11) is 2.99. The largest absolute Gasteiger partial charge is 0.496 e. The van der Waals surface area contributed by atoms with Gasteiger partial charge in [0.1, 0.15) is 22.3 Å². The fourth-order valence-corrected chi connectivity index (χ4v) is 5.18. The Morgan fingerprint density at radius 3 is 2.13 bits per heavy atom. The summed E-state index contributed by atoms with van der Waals surface area (Å²) in [6.07, 6.45) is 0. The average molecular weight is 567 g/mol. The van der Waals surface area contributed by atoms with E-state index < -0.39 is 5.25 Å². The number of ether oxygens (including phenoxy) is 2. The normalized spacial score (nSPS) is 11.4. The number of carbonyl (C=O) groups is 2. The molecular weight excluding hydrogens is 543 g/mol. The van der Waals surface area contributed by atoms with Crippen LogP contribution in [0.2, 0.25) is 10.0 Å². The molecule has 0 aliphatic heterocycles. The molecule has 1 unspecified atom stereocenters. The van der Waals surface area contributed by atoms with E-state index in [0.29, 0.717) is 27.9 Å². The molecular formula is C29H24Cl2N2O4S. The second-order valence-corrected chi connectivity index (χ2v) is 9.98. The molecule has 0 bridgehead atoms. The second-order valence-electron chi connectivity index (χ2n) is 8.02. The minimum Gasteiger partial charge on any atom is -0.496 e. The number of anilines is 2. The van der Waals surface area contributed by atoms with E-state index in [1.54, 1.807) is 48.5 Å². The van der Waals surface area contributed by atoms with Gasteiger partial charge in [0, 0.05) is 10.6 Å². The fourth-order valence-electron chi connectivity index (χ4n) is 3.75. The summed E-state index contributed by atoms with van der Waals surface area (Å²) >= 11 is 13.8. The van der Waals surface area contributed by atoms with Gasteiger partial charge in [0.05, 0.1) is 30.0 Å². The Bertz CT molecular complexity index is 1430. The van der Waals surface area contributed by atoms with Crippen LogP contribution in [0.3, 0.4) is 0 Å². The minimum absolute atomic E-state index is 0.265. The number of thioether (sulfide) groups is 1. The van der Waals surface area contributed by atoms with Gasteiger partial charge in [-0.05, 0) is 48.0 Å². The van der Waals surface area contributed by atoms with Gasteiger partial charge < -0.3 is 20.1 Å². The molecule has 0 saturated carbocycles. The van der Waals surface area contributed by atoms with E-state index in [1.165, 1.54) is 26.0 Å². The molecule has 0 fully saturated rings. The lowest BCUT2D eigenvalue weighted by Gasteiger charge is -2.18. The zero-order chi connectivity index (χ0) is 27.1. The quantitative estimate of drug-likeness (QED) is 0.203. The number of halogens is 2. The highest BCUT2D eigenvalue weighted by molar-refractivity contribution is 8.00. The Balaban J connectivity index is 1.59. The number of hydrogen-bond donors (Lipinski definition) is 2. The van der Waals surface area contributed by atoms with Crippen LogP contribution in [-0.2, 0) is 4.79 Å². The van der Waals surface area contributed by atoms with E-state index in [1.807, 2.05) is 42.5 Å². The average Bonchev–Trinajstić information content (AvgIpc) is 2.94. The van der Waals surface area contributed by atoms with Gasteiger partial charge in [0.2, 0.25) is 5.91 Å². The zero-order valence-electron chi connectivity index (χ0n) is 20.5. The van der Waals surface area contributed by atoms with E-state index in [-0.39, 0.29) is 22.4 Å². The van der Waals surface area contributed by atoms with Crippen molar-refractivity contribution < 1.29 is 19.1 Å². The highest BCUT2D eigenvalue weighted by Gasteiger charge is 2.24. The van der Waals surface area contributed by atoms with Crippen LogP contribution in [0.4, 0.5) is 11.4 Å². The number of rotatable bonds is 9. The lowest BCUT2D eigenvalue weighted by molar-refractivity contribution is -0.115. The van der Waals surface area contributed by atoms with Crippen molar-refractivity contribution in [2.45, 2.75) is 10.1 Å². The van der Waals surface area contributed by atoms with Gasteiger partial charge in [0.15, 0.2) is 0 Å². The maximum atomic E-state index is 13.4. The number of hydrogen-bond acceptors (Lipinski definition) is 5. The zero-order valence-corrected chi connectivity index (χ0v) is 22.9. The first kappa shape index (κ1) is 27.4. The molecule has 2 amide bonds. The van der Waals surface area contributed by atoms with Crippen molar-refractivity contribution in [1.82, 2.24) is 0 Å². The van der Waals surface area contributed by atoms with Crippen molar-refractivity contribution in [3.05, 3.63) is 112 Å². The van der Waals surface area contributed by atoms with Crippen LogP contribution in [0.15, 0.2) is 95.9 Å². The summed E-state index contributed by atoms with van der Waals surface area (Å²) in [6.45, 7) is 0. The molecule has 6 nitrogen and oxygen atoms in total. The van der Waals surface area contributed by atoms with Crippen LogP contribution in [0.1, 0.15) is 21.2 Å². The molecule has 0 radical (unpaired) electrons. The SMILES string of the molecule is COc1cccc(OC)c1C(=O)Nc1cccc(SC(C(=O)Nc2cccc(Cl)c2Cl)c2ccccc2)c1. The fraction of sp³-hybridized carbons (Fsp3) is 0.103. The third kappa shape index (κ3) is 6.42. The Morgan fingerprint density at radius 2 is 1.45 bits per heavy atom. The molecule has 0 aromatic heterocycles. The molecule has 194 valence electrons. The first-order valence-corrected chi connectivity index (χ1v) is 13.1. The predicted octanol–water partition coefficient (Wildman–Crippen LogP) is 7.74.